The van der Waals surface area contributed by atoms with Gasteiger partial charge in [0.15, 0.2) is 5.78 Å². The highest BCUT2D eigenvalue weighted by Crippen LogP contribution is 2.73. The van der Waals surface area contributed by atoms with Gasteiger partial charge in [-0.3, -0.25) is 4.79 Å². The fraction of sp³-hybridized carbons (Fsp3) is 0.929. The Balaban J connectivity index is 1.75. The van der Waals surface area contributed by atoms with E-state index in [0.717, 1.165) is 25.7 Å². The molecule has 92 valence electrons. The summed E-state index contributed by atoms with van der Waals surface area (Å²) < 4.78 is 0. The van der Waals surface area contributed by atoms with Gasteiger partial charge in [0.05, 0.1) is 0 Å². The van der Waals surface area contributed by atoms with E-state index in [4.69, 9.17) is 23.2 Å². The van der Waals surface area contributed by atoms with Crippen molar-refractivity contribution in [2.45, 2.75) is 35.9 Å². The smallest absolute Gasteiger partial charge is 0.157 e. The molecule has 0 spiro atoms. The lowest BCUT2D eigenvalue weighted by atomic mass is 9.35. The number of ketones is 1. The molecule has 5 unspecified atom stereocenters. The van der Waals surface area contributed by atoms with Crippen LogP contribution in [0.25, 0.3) is 0 Å². The fourth-order valence-electron chi connectivity index (χ4n) is 6.53. The van der Waals surface area contributed by atoms with Crippen LogP contribution in [-0.4, -0.2) is 16.0 Å². The third-order valence-electron chi connectivity index (χ3n) is 6.89. The Morgan fingerprint density at radius 1 is 1.06 bits per heavy atom. The van der Waals surface area contributed by atoms with Gasteiger partial charge in [0.1, 0.15) is 4.87 Å². The van der Waals surface area contributed by atoms with Crippen molar-refractivity contribution in [2.75, 3.05) is 0 Å². The Hall–Kier alpha value is 0.250. The molecule has 0 aromatic carbocycles. The lowest BCUT2D eigenvalue weighted by Crippen LogP contribution is -2.75. The van der Waals surface area contributed by atoms with Crippen LogP contribution < -0.4 is 0 Å². The van der Waals surface area contributed by atoms with Crippen molar-refractivity contribution in [1.82, 2.24) is 0 Å². The third kappa shape index (κ3) is 0.852. The number of alkyl halides is 2. The van der Waals surface area contributed by atoms with Gasteiger partial charge in [-0.25, -0.2) is 0 Å². The standard InChI is InChI=1S/C14H16Cl2O/c15-12-5-3-9-7-1-6-2-8(11(7)12)10(4-5)14(9,16)13(6)17/h5-12H,1-4H2. The maximum Gasteiger partial charge on any atom is 0.157 e. The molecule has 0 aromatic heterocycles. The zero-order chi connectivity index (χ0) is 11.5. The largest absolute Gasteiger partial charge is 0.297 e. The summed E-state index contributed by atoms with van der Waals surface area (Å²) in [6.07, 6.45) is 4.45. The molecule has 7 fully saturated rings. The fourth-order valence-corrected chi connectivity index (χ4v) is 7.76. The normalized spacial score (nSPS) is 70.4. The van der Waals surface area contributed by atoms with Crippen LogP contribution in [-0.2, 0) is 4.79 Å². The molecule has 0 saturated heterocycles. The quantitative estimate of drug-likeness (QED) is 0.619. The summed E-state index contributed by atoms with van der Waals surface area (Å²) in [7, 11) is 0. The van der Waals surface area contributed by atoms with Gasteiger partial charge in [0.25, 0.3) is 0 Å². The summed E-state index contributed by atoms with van der Waals surface area (Å²) >= 11 is 13.6. The molecule has 0 N–H and O–H groups in total. The molecule has 3 heteroatoms. The lowest BCUT2D eigenvalue weighted by Gasteiger charge is -2.72. The van der Waals surface area contributed by atoms with Crippen molar-refractivity contribution in [2.24, 2.45) is 41.4 Å². The number of carbonyl (C=O) groups is 1. The molecule has 0 heterocycles. The Bertz CT molecular complexity index is 410. The van der Waals surface area contributed by atoms with E-state index in [-0.39, 0.29) is 5.92 Å². The summed E-state index contributed by atoms with van der Waals surface area (Å²) in [6.45, 7) is 0. The SMILES string of the molecule is O=C1C2CC3C4C(Cl)C5CC3C1(Cl)C(C5)C4C2. The third-order valence-corrected chi connectivity index (χ3v) is 8.29. The molecule has 7 aliphatic rings. The molecular formula is C14H16Cl2O. The lowest BCUT2D eigenvalue weighted by molar-refractivity contribution is -0.191. The molecule has 1 nitrogen and oxygen atoms in total. The van der Waals surface area contributed by atoms with Crippen LogP contribution >= 0.6 is 23.2 Å². The number of halogens is 2. The van der Waals surface area contributed by atoms with Crippen LogP contribution in [0.4, 0.5) is 0 Å². The monoisotopic (exact) mass is 270 g/mol. The molecule has 0 amide bonds. The van der Waals surface area contributed by atoms with Gasteiger partial charge in [0, 0.05) is 11.3 Å². The topological polar surface area (TPSA) is 17.1 Å². The highest BCUT2D eigenvalue weighted by Gasteiger charge is 2.75. The maximum absolute atomic E-state index is 12.5. The van der Waals surface area contributed by atoms with Crippen LogP contribution in [0.3, 0.4) is 0 Å². The number of hydrogen-bond acceptors (Lipinski definition) is 1. The second kappa shape index (κ2) is 2.72. The van der Waals surface area contributed by atoms with E-state index in [1.807, 2.05) is 0 Å². The second-order valence-corrected chi connectivity index (χ2v) is 8.22. The Morgan fingerprint density at radius 3 is 2.24 bits per heavy atom. The van der Waals surface area contributed by atoms with Gasteiger partial charge in [-0.05, 0) is 61.2 Å². The van der Waals surface area contributed by atoms with Crippen molar-refractivity contribution in [3.8, 4) is 0 Å². The molecule has 7 aliphatic carbocycles. The molecule has 0 radical (unpaired) electrons. The average Bonchev–Trinajstić information content (AvgIpc) is 2.32. The zero-order valence-corrected chi connectivity index (χ0v) is 11.1. The molecule has 7 rings (SSSR count). The molecule has 8 bridgehead atoms. The van der Waals surface area contributed by atoms with Gasteiger partial charge in [-0.2, -0.15) is 0 Å². The van der Waals surface area contributed by atoms with Crippen molar-refractivity contribution in [3.63, 3.8) is 0 Å². The Labute approximate surface area is 111 Å². The molecule has 0 aliphatic heterocycles. The average molecular weight is 271 g/mol. The first-order valence-electron chi connectivity index (χ1n) is 6.99. The van der Waals surface area contributed by atoms with Gasteiger partial charge < -0.3 is 0 Å². The van der Waals surface area contributed by atoms with E-state index < -0.39 is 4.87 Å². The number of carbonyl (C=O) groups excluding carboxylic acids is 1. The summed E-state index contributed by atoms with van der Waals surface area (Å²) in [6, 6.07) is 0. The molecule has 7 saturated carbocycles. The summed E-state index contributed by atoms with van der Waals surface area (Å²) in [4.78, 5) is 12.1. The first kappa shape index (κ1) is 10.1. The van der Waals surface area contributed by atoms with Crippen molar-refractivity contribution >= 4 is 29.0 Å². The van der Waals surface area contributed by atoms with E-state index in [1.165, 1.54) is 0 Å². The molecule has 17 heavy (non-hydrogen) atoms. The van der Waals surface area contributed by atoms with E-state index in [1.54, 1.807) is 0 Å². The van der Waals surface area contributed by atoms with Gasteiger partial charge in [-0.15, -0.1) is 23.2 Å². The van der Waals surface area contributed by atoms with Gasteiger partial charge in [0.2, 0.25) is 0 Å². The van der Waals surface area contributed by atoms with Crippen molar-refractivity contribution in [3.05, 3.63) is 0 Å². The molecule has 0 aromatic rings. The first-order chi connectivity index (χ1) is 8.12. The summed E-state index contributed by atoms with van der Waals surface area (Å²) in [5.41, 5.74) is 0. The van der Waals surface area contributed by atoms with Crippen LogP contribution in [0.5, 0.6) is 0 Å². The zero-order valence-electron chi connectivity index (χ0n) is 9.61. The minimum atomic E-state index is -0.458. The number of hydrogen-bond donors (Lipinski definition) is 0. The second-order valence-electron chi connectivity index (χ2n) is 7.09. The highest BCUT2D eigenvalue weighted by molar-refractivity contribution is 6.37. The van der Waals surface area contributed by atoms with E-state index in [9.17, 15) is 4.79 Å². The van der Waals surface area contributed by atoms with Crippen LogP contribution in [0.1, 0.15) is 25.7 Å². The predicted octanol–water partition coefficient (Wildman–Crippen LogP) is 3.08. The molecule has 5 atom stereocenters. The van der Waals surface area contributed by atoms with E-state index in [0.29, 0.717) is 46.7 Å². The van der Waals surface area contributed by atoms with Crippen LogP contribution in [0.2, 0.25) is 0 Å². The van der Waals surface area contributed by atoms with Crippen LogP contribution in [0, 0.1) is 41.4 Å². The summed E-state index contributed by atoms with van der Waals surface area (Å²) in [5, 5.41) is 0.382. The minimum Gasteiger partial charge on any atom is -0.297 e. The first-order valence-corrected chi connectivity index (χ1v) is 7.81. The maximum atomic E-state index is 12.5. The Kier molecular flexibility index (Phi) is 1.62. The summed E-state index contributed by atoms with van der Waals surface area (Å²) in [5.74, 6) is 4.31. The number of rotatable bonds is 0. The van der Waals surface area contributed by atoms with Crippen LogP contribution in [0.15, 0.2) is 0 Å². The van der Waals surface area contributed by atoms with Gasteiger partial charge >= 0.3 is 0 Å². The Morgan fingerprint density at radius 2 is 1.65 bits per heavy atom. The van der Waals surface area contributed by atoms with E-state index >= 15 is 0 Å². The van der Waals surface area contributed by atoms with Gasteiger partial charge in [-0.1, -0.05) is 0 Å². The highest BCUT2D eigenvalue weighted by atomic mass is 35.5. The number of Topliss-reactive ketones (excluding diaryl/α,β-unsaturated/α-hetero) is 1. The van der Waals surface area contributed by atoms with Crippen molar-refractivity contribution in [1.29, 1.82) is 0 Å². The minimum absolute atomic E-state index is 0.282. The van der Waals surface area contributed by atoms with Crippen molar-refractivity contribution < 1.29 is 4.79 Å². The predicted molar refractivity (Wildman–Crippen MR) is 66.1 cm³/mol. The molecular weight excluding hydrogens is 255 g/mol. The van der Waals surface area contributed by atoms with E-state index in [2.05, 4.69) is 0 Å².